The lowest BCUT2D eigenvalue weighted by Gasteiger charge is -2.04. The van der Waals surface area contributed by atoms with E-state index in [1.165, 1.54) is 12.1 Å². The number of aromatic hydroxyl groups is 1. The van der Waals surface area contributed by atoms with E-state index < -0.39 is 0 Å². The number of halogens is 2. The largest absolute Gasteiger partial charge is 0.507 e. The highest BCUT2D eigenvalue weighted by molar-refractivity contribution is 14.1. The maximum absolute atomic E-state index is 13.2. The maximum Gasteiger partial charge on any atom is 0.140 e. The molecule has 96 valence electrons. The highest BCUT2D eigenvalue weighted by atomic mass is 127. The lowest BCUT2D eigenvalue weighted by atomic mass is 10.2. The van der Waals surface area contributed by atoms with E-state index in [0.29, 0.717) is 11.3 Å². The molecule has 1 N–H and O–H groups in total. The van der Waals surface area contributed by atoms with Crippen molar-refractivity contribution in [3.8, 4) is 17.1 Å². The van der Waals surface area contributed by atoms with Gasteiger partial charge in [0, 0.05) is 18.7 Å². The van der Waals surface area contributed by atoms with Crippen LogP contribution < -0.4 is 0 Å². The number of hydrogen-bond donors (Lipinski definition) is 1. The van der Waals surface area contributed by atoms with Gasteiger partial charge < -0.3 is 9.67 Å². The van der Waals surface area contributed by atoms with Gasteiger partial charge in [0.05, 0.1) is 14.6 Å². The third kappa shape index (κ3) is 2.07. The normalized spacial score (nSPS) is 11.1. The number of aryl methyl sites for hydroxylation is 1. The Morgan fingerprint density at radius 3 is 2.74 bits per heavy atom. The van der Waals surface area contributed by atoms with Gasteiger partial charge >= 0.3 is 0 Å². The van der Waals surface area contributed by atoms with Crippen molar-refractivity contribution in [3.05, 3.63) is 45.8 Å². The van der Waals surface area contributed by atoms with E-state index in [4.69, 9.17) is 0 Å². The minimum Gasteiger partial charge on any atom is -0.507 e. The predicted octanol–water partition coefficient (Wildman–Crippen LogP) is 3.69. The summed E-state index contributed by atoms with van der Waals surface area (Å²) in [6.07, 6.45) is 0. The van der Waals surface area contributed by atoms with Crippen LogP contribution >= 0.6 is 22.6 Å². The molecule has 0 atom stereocenters. The summed E-state index contributed by atoms with van der Waals surface area (Å²) < 4.78 is 15.9. The van der Waals surface area contributed by atoms with Crippen LogP contribution in [-0.2, 0) is 7.05 Å². The number of hydrogen-bond acceptors (Lipinski definition) is 2. The standard InChI is InChI=1S/C14H10FIN2O/c1-18-12-5-3-9(15)7-11(12)17-14(18)8-2-4-10(16)13(19)6-8/h2-7,19H,1H3. The summed E-state index contributed by atoms with van der Waals surface area (Å²) in [4.78, 5) is 4.42. The van der Waals surface area contributed by atoms with Crippen LogP contribution in [-0.4, -0.2) is 14.7 Å². The Morgan fingerprint density at radius 2 is 2.00 bits per heavy atom. The molecule has 2 aromatic carbocycles. The summed E-state index contributed by atoms with van der Waals surface area (Å²) in [5.74, 6) is 0.617. The maximum atomic E-state index is 13.2. The molecule has 0 bridgehead atoms. The summed E-state index contributed by atoms with van der Waals surface area (Å²) in [7, 11) is 1.87. The third-order valence-electron chi connectivity index (χ3n) is 3.05. The Kier molecular flexibility index (Phi) is 2.93. The first-order valence-corrected chi connectivity index (χ1v) is 6.75. The van der Waals surface area contributed by atoms with Crippen LogP contribution in [0.3, 0.4) is 0 Å². The number of rotatable bonds is 1. The molecule has 1 aromatic heterocycles. The highest BCUT2D eigenvalue weighted by Crippen LogP contribution is 2.29. The number of phenols is 1. The van der Waals surface area contributed by atoms with Crippen molar-refractivity contribution in [2.45, 2.75) is 0 Å². The summed E-state index contributed by atoms with van der Waals surface area (Å²) in [6, 6.07) is 9.90. The number of nitrogens with zero attached hydrogens (tertiary/aromatic N) is 2. The van der Waals surface area contributed by atoms with Crippen LogP contribution in [0, 0.1) is 9.39 Å². The second-order valence-corrected chi connectivity index (χ2v) is 5.46. The number of phenolic OH excluding ortho intramolecular Hbond substituents is 1. The van der Waals surface area contributed by atoms with Gasteiger partial charge in [-0.1, -0.05) is 0 Å². The van der Waals surface area contributed by atoms with Crippen molar-refractivity contribution >= 4 is 33.6 Å². The van der Waals surface area contributed by atoms with Crippen LogP contribution in [0.5, 0.6) is 5.75 Å². The fourth-order valence-corrected chi connectivity index (χ4v) is 2.42. The van der Waals surface area contributed by atoms with E-state index in [0.717, 1.165) is 14.7 Å². The molecule has 5 heteroatoms. The molecule has 0 fully saturated rings. The molecule has 19 heavy (non-hydrogen) atoms. The van der Waals surface area contributed by atoms with Crippen molar-refractivity contribution < 1.29 is 9.50 Å². The third-order valence-corrected chi connectivity index (χ3v) is 3.96. The minimum atomic E-state index is -0.303. The fraction of sp³-hybridized carbons (Fsp3) is 0.0714. The van der Waals surface area contributed by atoms with Crippen LogP contribution in [0.2, 0.25) is 0 Å². The molecule has 3 nitrogen and oxygen atoms in total. The van der Waals surface area contributed by atoms with E-state index in [2.05, 4.69) is 27.6 Å². The molecular weight excluding hydrogens is 358 g/mol. The zero-order chi connectivity index (χ0) is 13.6. The lowest BCUT2D eigenvalue weighted by molar-refractivity contribution is 0.471. The molecule has 0 radical (unpaired) electrons. The number of fused-ring (bicyclic) bond motifs is 1. The average Bonchev–Trinajstić information content (AvgIpc) is 2.70. The van der Waals surface area contributed by atoms with E-state index in [-0.39, 0.29) is 11.6 Å². The van der Waals surface area contributed by atoms with Crippen LogP contribution in [0.1, 0.15) is 0 Å². The molecular formula is C14H10FIN2O. The van der Waals surface area contributed by atoms with Gasteiger partial charge in [-0.3, -0.25) is 0 Å². The van der Waals surface area contributed by atoms with Crippen molar-refractivity contribution in [1.29, 1.82) is 0 Å². The molecule has 0 aliphatic carbocycles. The smallest absolute Gasteiger partial charge is 0.140 e. The monoisotopic (exact) mass is 368 g/mol. The Labute approximate surface area is 122 Å². The van der Waals surface area contributed by atoms with Crippen molar-refractivity contribution in [2.24, 2.45) is 7.05 Å². The summed E-state index contributed by atoms with van der Waals surface area (Å²) in [5, 5.41) is 9.77. The predicted molar refractivity (Wildman–Crippen MR) is 80.5 cm³/mol. The number of aromatic nitrogens is 2. The molecule has 3 aromatic rings. The van der Waals surface area contributed by atoms with Crippen molar-refractivity contribution in [2.75, 3.05) is 0 Å². The van der Waals surface area contributed by atoms with Gasteiger partial charge in [-0.15, -0.1) is 0 Å². The topological polar surface area (TPSA) is 38.0 Å². The van der Waals surface area contributed by atoms with Crippen molar-refractivity contribution in [3.63, 3.8) is 0 Å². The van der Waals surface area contributed by atoms with Gasteiger partial charge in [0.25, 0.3) is 0 Å². The van der Waals surface area contributed by atoms with Gasteiger partial charge in [-0.05, 0) is 52.9 Å². The molecule has 0 saturated carbocycles. The second kappa shape index (κ2) is 4.48. The summed E-state index contributed by atoms with van der Waals surface area (Å²) >= 11 is 2.06. The second-order valence-electron chi connectivity index (χ2n) is 4.29. The Balaban J connectivity index is 2.24. The van der Waals surface area contributed by atoms with Gasteiger partial charge in [-0.2, -0.15) is 0 Å². The highest BCUT2D eigenvalue weighted by Gasteiger charge is 2.11. The first-order chi connectivity index (χ1) is 9.06. The number of imidazole rings is 1. The molecule has 0 amide bonds. The molecule has 3 rings (SSSR count). The Bertz CT molecular complexity index is 782. The fourth-order valence-electron chi connectivity index (χ4n) is 2.08. The molecule has 0 spiro atoms. The zero-order valence-electron chi connectivity index (χ0n) is 10.1. The summed E-state index contributed by atoms with van der Waals surface area (Å²) in [5.41, 5.74) is 2.27. The van der Waals surface area contributed by atoms with E-state index in [1.807, 2.05) is 23.7 Å². The molecule has 0 saturated heterocycles. The lowest BCUT2D eigenvalue weighted by Crippen LogP contribution is -1.92. The molecule has 0 aliphatic rings. The van der Waals surface area contributed by atoms with Gasteiger partial charge in [0.2, 0.25) is 0 Å². The average molecular weight is 368 g/mol. The Morgan fingerprint density at radius 1 is 1.21 bits per heavy atom. The van der Waals surface area contributed by atoms with Crippen LogP contribution in [0.15, 0.2) is 36.4 Å². The van der Waals surface area contributed by atoms with Crippen LogP contribution in [0.25, 0.3) is 22.4 Å². The first-order valence-electron chi connectivity index (χ1n) is 5.67. The molecule has 0 aliphatic heterocycles. The van der Waals surface area contributed by atoms with E-state index >= 15 is 0 Å². The summed E-state index contributed by atoms with van der Waals surface area (Å²) in [6.45, 7) is 0. The SMILES string of the molecule is Cn1c(-c2ccc(I)c(O)c2)nc2cc(F)ccc21. The zero-order valence-corrected chi connectivity index (χ0v) is 12.2. The quantitative estimate of drug-likeness (QED) is 0.666. The van der Waals surface area contributed by atoms with E-state index in [9.17, 15) is 9.50 Å². The van der Waals surface area contributed by atoms with Gasteiger partial charge in [-0.25, -0.2) is 9.37 Å². The van der Waals surface area contributed by atoms with Gasteiger partial charge in [0.1, 0.15) is 17.4 Å². The molecule has 0 unspecified atom stereocenters. The molecule has 1 heterocycles. The van der Waals surface area contributed by atoms with Crippen molar-refractivity contribution in [1.82, 2.24) is 9.55 Å². The van der Waals surface area contributed by atoms with Gasteiger partial charge in [0.15, 0.2) is 0 Å². The minimum absolute atomic E-state index is 0.219. The van der Waals surface area contributed by atoms with E-state index in [1.54, 1.807) is 12.1 Å². The first kappa shape index (κ1) is 12.4. The number of benzene rings is 2. The Hall–Kier alpha value is -1.63. The van der Waals surface area contributed by atoms with Crippen LogP contribution in [0.4, 0.5) is 4.39 Å².